The molecule has 0 saturated carbocycles. The van der Waals surface area contributed by atoms with Gasteiger partial charge in [-0.15, -0.1) is 0 Å². The van der Waals surface area contributed by atoms with Gasteiger partial charge in [-0.1, -0.05) is 75.4 Å². The molecular formula is C36H43FN2O6. The average molecular weight is 619 g/mol. The average Bonchev–Trinajstić information content (AvgIpc) is 3.25. The molecule has 1 aliphatic heterocycles. The van der Waals surface area contributed by atoms with E-state index >= 15 is 0 Å². The number of carbonyl (C=O) groups excluding carboxylic acids is 3. The number of halogens is 1. The van der Waals surface area contributed by atoms with Gasteiger partial charge in [-0.25, -0.2) is 9.18 Å². The van der Waals surface area contributed by atoms with Crippen LogP contribution in [0.15, 0.2) is 78.9 Å². The molecule has 4 atom stereocenters. The topological polar surface area (TPSA) is 103 Å². The van der Waals surface area contributed by atoms with Crippen LogP contribution >= 0.6 is 0 Å². The molecule has 4 unspecified atom stereocenters. The quantitative estimate of drug-likeness (QED) is 0.221. The number of hydrogen-bond acceptors (Lipinski definition) is 6. The highest BCUT2D eigenvalue weighted by molar-refractivity contribution is 5.92. The van der Waals surface area contributed by atoms with E-state index < -0.39 is 47.0 Å². The number of esters is 1. The van der Waals surface area contributed by atoms with Crippen LogP contribution in [0.4, 0.5) is 4.39 Å². The third-order valence-corrected chi connectivity index (χ3v) is 7.72. The molecule has 0 aliphatic carbocycles. The molecule has 4 rings (SSSR count). The first-order valence-electron chi connectivity index (χ1n) is 15.3. The van der Waals surface area contributed by atoms with Gasteiger partial charge in [0.15, 0.2) is 6.10 Å². The first kappa shape index (κ1) is 33.6. The highest BCUT2D eigenvalue weighted by atomic mass is 19.1. The van der Waals surface area contributed by atoms with Crippen LogP contribution in [0.25, 0.3) is 0 Å². The molecule has 3 aromatic rings. The van der Waals surface area contributed by atoms with Gasteiger partial charge in [-0.3, -0.25) is 9.59 Å². The summed E-state index contributed by atoms with van der Waals surface area (Å²) < 4.78 is 31.0. The highest BCUT2D eigenvalue weighted by Gasteiger charge is 2.48. The van der Waals surface area contributed by atoms with Crippen LogP contribution < -0.4 is 15.4 Å². The number of para-hydroxylation sites is 1. The van der Waals surface area contributed by atoms with E-state index in [1.165, 1.54) is 12.1 Å². The minimum Gasteiger partial charge on any atom is -0.457 e. The lowest BCUT2D eigenvalue weighted by Gasteiger charge is -2.33. The van der Waals surface area contributed by atoms with Crippen LogP contribution in [0.1, 0.15) is 71.6 Å². The summed E-state index contributed by atoms with van der Waals surface area (Å²) >= 11 is 0. The largest absolute Gasteiger partial charge is 0.457 e. The summed E-state index contributed by atoms with van der Waals surface area (Å²) in [5.41, 5.74) is 1.16. The number of ether oxygens (including phenoxy) is 3. The second kappa shape index (κ2) is 14.2. The standard InChI is InChI=1S/C36H43FN2O6/c1-23(24-14-8-7-9-15-24)38-33(41)31(35(2,3)4)39-32(40)28(30-34(42)45-36(5,6)44-30)20-12-17-25-16-10-11-21-29(25)43-27-19-13-18-26(37)22-27/h7-11,13-16,18-19,21-23,28,30-31H,12,17,20H2,1-6H3,(H,38,41)(H,39,40). The zero-order valence-electron chi connectivity index (χ0n) is 26.8. The van der Waals surface area contributed by atoms with Crippen molar-refractivity contribution in [2.75, 3.05) is 0 Å². The fourth-order valence-electron chi connectivity index (χ4n) is 5.37. The number of carbonyl (C=O) groups is 3. The van der Waals surface area contributed by atoms with Crippen LogP contribution in [0.2, 0.25) is 0 Å². The van der Waals surface area contributed by atoms with Crippen molar-refractivity contribution in [3.05, 3.63) is 95.8 Å². The first-order valence-corrected chi connectivity index (χ1v) is 15.3. The molecule has 2 amide bonds. The molecule has 1 saturated heterocycles. The van der Waals surface area contributed by atoms with Crippen molar-refractivity contribution < 1.29 is 33.0 Å². The zero-order valence-corrected chi connectivity index (χ0v) is 26.8. The Morgan fingerprint density at radius 1 is 0.956 bits per heavy atom. The second-order valence-electron chi connectivity index (χ2n) is 13.0. The van der Waals surface area contributed by atoms with E-state index in [-0.39, 0.29) is 18.4 Å². The Hall–Kier alpha value is -4.24. The van der Waals surface area contributed by atoms with Crippen LogP contribution in [-0.2, 0) is 30.3 Å². The molecule has 0 bridgehead atoms. The number of rotatable bonds is 12. The fourth-order valence-corrected chi connectivity index (χ4v) is 5.37. The summed E-state index contributed by atoms with van der Waals surface area (Å²) in [5, 5.41) is 5.96. The molecule has 9 heteroatoms. The molecule has 0 radical (unpaired) electrons. The maximum absolute atomic E-state index is 13.9. The van der Waals surface area contributed by atoms with E-state index in [4.69, 9.17) is 14.2 Å². The van der Waals surface area contributed by atoms with Crippen molar-refractivity contribution >= 4 is 17.8 Å². The molecule has 1 heterocycles. The first-order chi connectivity index (χ1) is 21.2. The van der Waals surface area contributed by atoms with E-state index in [0.717, 1.165) is 11.1 Å². The Labute approximate surface area is 264 Å². The van der Waals surface area contributed by atoms with Crippen LogP contribution in [0.3, 0.4) is 0 Å². The van der Waals surface area contributed by atoms with E-state index in [2.05, 4.69) is 10.6 Å². The lowest BCUT2D eigenvalue weighted by atomic mass is 9.84. The second-order valence-corrected chi connectivity index (χ2v) is 13.0. The fraction of sp³-hybridized carbons (Fsp3) is 0.417. The number of nitrogens with one attached hydrogen (secondary N) is 2. The SMILES string of the molecule is CC(NC(=O)C(NC(=O)C(CCCc1ccccc1Oc1cccc(F)c1)C1OC(C)(C)OC1=O)C(C)(C)C)c1ccccc1. The summed E-state index contributed by atoms with van der Waals surface area (Å²) in [6, 6.07) is 21.7. The monoisotopic (exact) mass is 618 g/mol. The summed E-state index contributed by atoms with van der Waals surface area (Å²) in [5.74, 6) is -2.98. The van der Waals surface area contributed by atoms with E-state index in [1.807, 2.05) is 76.2 Å². The van der Waals surface area contributed by atoms with Crippen LogP contribution in [0, 0.1) is 17.2 Å². The molecular weight excluding hydrogens is 575 g/mol. The molecule has 1 fully saturated rings. The predicted octanol–water partition coefficient (Wildman–Crippen LogP) is 6.64. The molecule has 8 nitrogen and oxygen atoms in total. The summed E-state index contributed by atoms with van der Waals surface area (Å²) in [6.07, 6.45) is 0.144. The third-order valence-electron chi connectivity index (χ3n) is 7.72. The van der Waals surface area contributed by atoms with Gasteiger partial charge >= 0.3 is 5.97 Å². The van der Waals surface area contributed by atoms with Crippen molar-refractivity contribution in [2.24, 2.45) is 11.3 Å². The Kier molecular flexibility index (Phi) is 10.7. The molecule has 45 heavy (non-hydrogen) atoms. The van der Waals surface area contributed by atoms with Gasteiger partial charge in [0.25, 0.3) is 0 Å². The summed E-state index contributed by atoms with van der Waals surface area (Å²) in [7, 11) is 0. The number of hydrogen-bond donors (Lipinski definition) is 2. The Balaban J connectivity index is 1.50. The van der Waals surface area contributed by atoms with Gasteiger partial charge in [0.05, 0.1) is 12.0 Å². The molecule has 0 spiro atoms. The minimum absolute atomic E-state index is 0.273. The van der Waals surface area contributed by atoms with Gasteiger partial charge in [-0.2, -0.15) is 0 Å². The predicted molar refractivity (Wildman–Crippen MR) is 169 cm³/mol. The van der Waals surface area contributed by atoms with Crippen LogP contribution in [0.5, 0.6) is 11.5 Å². The Morgan fingerprint density at radius 3 is 2.29 bits per heavy atom. The Morgan fingerprint density at radius 2 is 1.64 bits per heavy atom. The summed E-state index contributed by atoms with van der Waals surface area (Å²) in [6.45, 7) is 10.8. The maximum atomic E-state index is 13.9. The molecule has 0 aromatic heterocycles. The number of amides is 2. The van der Waals surface area contributed by atoms with Gasteiger partial charge in [0.1, 0.15) is 23.4 Å². The van der Waals surface area contributed by atoms with E-state index in [1.54, 1.807) is 32.0 Å². The van der Waals surface area contributed by atoms with Gasteiger partial charge in [-0.05, 0) is 60.9 Å². The van der Waals surface area contributed by atoms with Gasteiger partial charge < -0.3 is 24.8 Å². The van der Waals surface area contributed by atoms with Gasteiger partial charge in [0, 0.05) is 19.9 Å². The van der Waals surface area contributed by atoms with Crippen molar-refractivity contribution in [1.82, 2.24) is 10.6 Å². The van der Waals surface area contributed by atoms with Crippen molar-refractivity contribution in [3.8, 4) is 11.5 Å². The normalized spacial score (nSPS) is 17.9. The number of aryl methyl sites for hydroxylation is 1. The highest BCUT2D eigenvalue weighted by Crippen LogP contribution is 2.33. The van der Waals surface area contributed by atoms with Crippen molar-refractivity contribution in [3.63, 3.8) is 0 Å². The molecule has 3 aromatic carbocycles. The third kappa shape index (κ3) is 9.14. The zero-order chi connectivity index (χ0) is 32.8. The summed E-state index contributed by atoms with van der Waals surface area (Å²) in [4.78, 5) is 40.4. The smallest absolute Gasteiger partial charge is 0.338 e. The van der Waals surface area contributed by atoms with Gasteiger partial charge in [0.2, 0.25) is 17.6 Å². The maximum Gasteiger partial charge on any atom is 0.338 e. The van der Waals surface area contributed by atoms with E-state index in [9.17, 15) is 18.8 Å². The van der Waals surface area contributed by atoms with E-state index in [0.29, 0.717) is 24.3 Å². The van der Waals surface area contributed by atoms with Crippen molar-refractivity contribution in [2.45, 2.75) is 84.8 Å². The van der Waals surface area contributed by atoms with Crippen LogP contribution in [-0.4, -0.2) is 35.7 Å². The van der Waals surface area contributed by atoms with Crippen molar-refractivity contribution in [1.29, 1.82) is 0 Å². The lowest BCUT2D eigenvalue weighted by molar-refractivity contribution is -0.162. The Bertz CT molecular complexity index is 1490. The molecule has 240 valence electrons. The number of benzene rings is 3. The molecule has 2 N–H and O–H groups in total. The lowest BCUT2D eigenvalue weighted by Crippen LogP contribution is -2.56. The minimum atomic E-state index is -1.18. The molecule has 1 aliphatic rings. The number of cyclic esters (lactones) is 1.